The Kier molecular flexibility index (Phi) is 5.92. The van der Waals surface area contributed by atoms with Crippen LogP contribution in [0, 0.1) is 0 Å². The Morgan fingerprint density at radius 1 is 1.21 bits per heavy atom. The number of thiophene rings is 1. The summed E-state index contributed by atoms with van der Waals surface area (Å²) in [6, 6.07) is 9.80. The highest BCUT2D eigenvalue weighted by atomic mass is 32.2. The maximum absolute atomic E-state index is 12.4. The summed E-state index contributed by atoms with van der Waals surface area (Å²) < 4.78 is 30.9. The number of nitrogens with zero attached hydrogens (tertiary/aromatic N) is 3. The van der Waals surface area contributed by atoms with Gasteiger partial charge in [-0.05, 0) is 42.1 Å². The van der Waals surface area contributed by atoms with E-state index < -0.39 is 15.9 Å². The van der Waals surface area contributed by atoms with Crippen molar-refractivity contribution in [1.82, 2.24) is 19.8 Å². The molecule has 28 heavy (non-hydrogen) atoms. The Morgan fingerprint density at radius 3 is 2.50 bits per heavy atom. The van der Waals surface area contributed by atoms with E-state index in [1.807, 2.05) is 24.4 Å². The largest absolute Gasteiger partial charge is 0.412 e. The number of nitrogens with one attached hydrogen (secondary N) is 1. The molecule has 0 spiro atoms. The van der Waals surface area contributed by atoms with Crippen molar-refractivity contribution in [2.24, 2.45) is 0 Å². The smallest absolute Gasteiger partial charge is 0.309 e. The van der Waals surface area contributed by atoms with E-state index >= 15 is 0 Å². The van der Waals surface area contributed by atoms with E-state index in [0.717, 1.165) is 15.6 Å². The Hall–Kier alpha value is -2.56. The van der Waals surface area contributed by atoms with Crippen LogP contribution < -0.4 is 5.32 Å². The molecule has 1 N–H and O–H groups in total. The third-order valence-electron chi connectivity index (χ3n) is 4.10. The van der Waals surface area contributed by atoms with Crippen molar-refractivity contribution in [3.05, 3.63) is 52.5 Å². The molecule has 0 fully saturated rings. The lowest BCUT2D eigenvalue weighted by molar-refractivity contribution is 0.0901. The number of hydrogen-bond acceptors (Lipinski definition) is 7. The van der Waals surface area contributed by atoms with Crippen molar-refractivity contribution in [2.45, 2.75) is 24.3 Å². The first kappa shape index (κ1) is 20.2. The highest BCUT2D eigenvalue weighted by Gasteiger charge is 2.21. The van der Waals surface area contributed by atoms with E-state index in [4.69, 9.17) is 4.42 Å². The summed E-state index contributed by atoms with van der Waals surface area (Å²) in [4.78, 5) is 13.6. The van der Waals surface area contributed by atoms with Gasteiger partial charge in [0.15, 0.2) is 0 Å². The number of benzene rings is 1. The van der Waals surface area contributed by atoms with E-state index in [0.29, 0.717) is 5.56 Å². The predicted molar refractivity (Wildman–Crippen MR) is 105 cm³/mol. The molecule has 2 heterocycles. The van der Waals surface area contributed by atoms with Gasteiger partial charge in [-0.15, -0.1) is 21.5 Å². The van der Waals surface area contributed by atoms with Crippen molar-refractivity contribution in [3.8, 4) is 11.5 Å². The number of carbonyl (C=O) groups is 1. The fraction of sp³-hybridized carbons (Fsp3) is 0.278. The zero-order valence-corrected chi connectivity index (χ0v) is 17.3. The van der Waals surface area contributed by atoms with Crippen molar-refractivity contribution in [1.29, 1.82) is 0 Å². The average molecular weight is 421 g/mol. The summed E-state index contributed by atoms with van der Waals surface area (Å²) in [5.41, 5.74) is 0.523. The topological polar surface area (TPSA) is 105 Å². The number of amides is 1. The highest BCUT2D eigenvalue weighted by molar-refractivity contribution is 7.89. The van der Waals surface area contributed by atoms with Crippen molar-refractivity contribution < 1.29 is 17.6 Å². The fourth-order valence-corrected chi connectivity index (χ4v) is 4.26. The van der Waals surface area contributed by atoms with E-state index in [1.165, 1.54) is 26.2 Å². The van der Waals surface area contributed by atoms with Gasteiger partial charge in [-0.1, -0.05) is 13.0 Å². The Labute approximate surface area is 167 Å². The first-order valence-corrected chi connectivity index (χ1v) is 10.9. The maximum Gasteiger partial charge on any atom is 0.309 e. The van der Waals surface area contributed by atoms with Gasteiger partial charge in [0.1, 0.15) is 0 Å². The molecule has 2 aromatic heterocycles. The molecule has 1 aromatic carbocycles. The summed E-state index contributed by atoms with van der Waals surface area (Å²) in [6.07, 6.45) is 0.731. The second-order valence-electron chi connectivity index (χ2n) is 6.17. The second-order valence-corrected chi connectivity index (χ2v) is 9.30. The van der Waals surface area contributed by atoms with Gasteiger partial charge in [0.25, 0.3) is 0 Å². The monoisotopic (exact) mass is 420 g/mol. The Morgan fingerprint density at radius 2 is 1.93 bits per heavy atom. The molecule has 8 nitrogen and oxygen atoms in total. The number of sulfonamides is 1. The molecule has 0 aliphatic carbocycles. The van der Waals surface area contributed by atoms with Crippen LogP contribution in [-0.4, -0.2) is 42.9 Å². The van der Waals surface area contributed by atoms with Gasteiger partial charge >= 0.3 is 11.8 Å². The van der Waals surface area contributed by atoms with Gasteiger partial charge in [-0.25, -0.2) is 12.7 Å². The fourth-order valence-electron chi connectivity index (χ4n) is 2.50. The third-order valence-corrected chi connectivity index (χ3v) is 6.91. The van der Waals surface area contributed by atoms with Crippen molar-refractivity contribution >= 4 is 27.3 Å². The highest BCUT2D eigenvalue weighted by Crippen LogP contribution is 2.24. The lowest BCUT2D eigenvalue weighted by Crippen LogP contribution is -2.27. The molecule has 1 amide bonds. The van der Waals surface area contributed by atoms with Gasteiger partial charge in [0, 0.05) is 24.5 Å². The zero-order chi connectivity index (χ0) is 20.3. The summed E-state index contributed by atoms with van der Waals surface area (Å²) >= 11 is 1.57. The van der Waals surface area contributed by atoms with Crippen molar-refractivity contribution in [2.75, 3.05) is 14.1 Å². The molecule has 0 saturated heterocycles. The van der Waals surface area contributed by atoms with E-state index in [-0.39, 0.29) is 22.7 Å². The molecular weight excluding hydrogens is 400 g/mol. The first-order chi connectivity index (χ1) is 13.3. The van der Waals surface area contributed by atoms with Crippen LogP contribution in [0.15, 0.2) is 51.1 Å². The number of carbonyl (C=O) groups excluding carboxylic acids is 1. The molecule has 3 rings (SSSR count). The Balaban J connectivity index is 1.76. The second kappa shape index (κ2) is 8.21. The number of rotatable bonds is 7. The minimum Gasteiger partial charge on any atom is -0.412 e. The van der Waals surface area contributed by atoms with Crippen LogP contribution in [0.4, 0.5) is 0 Å². The molecule has 1 atom stereocenters. The van der Waals surface area contributed by atoms with Crippen LogP contribution in [0.25, 0.3) is 11.5 Å². The van der Waals surface area contributed by atoms with Gasteiger partial charge in [0.05, 0.1) is 10.9 Å². The lowest BCUT2D eigenvalue weighted by Gasteiger charge is -2.13. The molecule has 10 heteroatoms. The van der Waals surface area contributed by atoms with E-state index in [2.05, 4.69) is 15.5 Å². The van der Waals surface area contributed by atoms with Crippen LogP contribution >= 0.6 is 11.3 Å². The minimum absolute atomic E-state index is 0.127. The normalized spacial score (nSPS) is 12.9. The SMILES string of the molecule is CC[C@@H](NC(=O)c1nnc(-c2ccc(S(=O)(=O)N(C)C)cc2)o1)c1cccs1. The molecule has 3 aromatic rings. The number of hydrogen-bond donors (Lipinski definition) is 1. The van der Waals surface area contributed by atoms with Crippen LogP contribution in [0.1, 0.15) is 34.9 Å². The summed E-state index contributed by atoms with van der Waals surface area (Å²) in [6.45, 7) is 1.98. The van der Waals surface area contributed by atoms with Crippen LogP contribution in [-0.2, 0) is 10.0 Å². The van der Waals surface area contributed by atoms with Crippen LogP contribution in [0.5, 0.6) is 0 Å². The molecule has 0 aliphatic heterocycles. The molecule has 0 radical (unpaired) electrons. The molecule has 0 saturated carbocycles. The van der Waals surface area contributed by atoms with Crippen LogP contribution in [0.3, 0.4) is 0 Å². The van der Waals surface area contributed by atoms with E-state index in [9.17, 15) is 13.2 Å². The molecule has 148 valence electrons. The Bertz CT molecular complexity index is 1040. The van der Waals surface area contributed by atoms with Crippen LogP contribution in [0.2, 0.25) is 0 Å². The molecule has 0 unspecified atom stereocenters. The summed E-state index contributed by atoms with van der Waals surface area (Å²) in [7, 11) is -0.590. The number of aromatic nitrogens is 2. The zero-order valence-electron chi connectivity index (χ0n) is 15.6. The predicted octanol–water partition coefficient (Wildman–Crippen LogP) is 2.93. The maximum atomic E-state index is 12.4. The quantitative estimate of drug-likeness (QED) is 0.630. The van der Waals surface area contributed by atoms with Gasteiger partial charge in [0.2, 0.25) is 15.9 Å². The third kappa shape index (κ3) is 4.13. The van der Waals surface area contributed by atoms with Crippen molar-refractivity contribution in [3.63, 3.8) is 0 Å². The van der Waals surface area contributed by atoms with Gasteiger partial charge in [-0.3, -0.25) is 4.79 Å². The molecule has 0 bridgehead atoms. The summed E-state index contributed by atoms with van der Waals surface area (Å²) in [5.74, 6) is -0.455. The van der Waals surface area contributed by atoms with E-state index in [1.54, 1.807) is 23.5 Å². The molecule has 0 aliphatic rings. The average Bonchev–Trinajstić information content (AvgIpc) is 3.38. The van der Waals surface area contributed by atoms with Gasteiger partial charge < -0.3 is 9.73 Å². The van der Waals surface area contributed by atoms with Gasteiger partial charge in [-0.2, -0.15) is 0 Å². The minimum atomic E-state index is -3.52. The summed E-state index contributed by atoms with van der Waals surface area (Å²) in [5, 5.41) is 12.5. The lowest BCUT2D eigenvalue weighted by atomic mass is 10.2. The first-order valence-electron chi connectivity index (χ1n) is 8.53. The standard InChI is InChI=1S/C18H20N4O4S2/c1-4-14(15-6-5-11-27-15)19-16(23)18-21-20-17(26-18)12-7-9-13(10-8-12)28(24,25)22(2)3/h5-11,14H,4H2,1-3H3,(H,19,23)/t14-/m1/s1. The molecular formula is C18H20N4O4S2.